The van der Waals surface area contributed by atoms with Crippen LogP contribution < -0.4 is 4.74 Å². The quantitative estimate of drug-likeness (QED) is 0.780. The van der Waals surface area contributed by atoms with E-state index in [-0.39, 0.29) is 5.56 Å². The molecule has 0 spiro atoms. The van der Waals surface area contributed by atoms with E-state index in [4.69, 9.17) is 4.74 Å². The van der Waals surface area contributed by atoms with Crippen molar-refractivity contribution in [3.63, 3.8) is 0 Å². The molecule has 0 atom stereocenters. The van der Waals surface area contributed by atoms with E-state index >= 15 is 0 Å². The maximum absolute atomic E-state index is 13.5. The molecule has 92 valence electrons. The Morgan fingerprint density at radius 2 is 2.06 bits per heavy atom. The topological polar surface area (TPSA) is 39.2 Å². The summed E-state index contributed by atoms with van der Waals surface area (Å²) in [5.41, 5.74) is 1.30. The van der Waals surface area contributed by atoms with Crippen molar-refractivity contribution in [2.45, 2.75) is 6.92 Å². The lowest BCUT2D eigenvalue weighted by atomic mass is 10.0. The van der Waals surface area contributed by atoms with Crippen LogP contribution in [0.2, 0.25) is 0 Å². The maximum Gasteiger partial charge on any atom is 0.199 e. The Hall–Kier alpha value is -2.23. The van der Waals surface area contributed by atoms with Crippen molar-refractivity contribution in [2.75, 3.05) is 7.11 Å². The van der Waals surface area contributed by atoms with E-state index < -0.39 is 11.6 Å². The number of hydrogen-bond acceptors (Lipinski definition) is 3. The zero-order valence-corrected chi connectivity index (χ0v) is 10.1. The van der Waals surface area contributed by atoms with Crippen LogP contribution in [0.4, 0.5) is 4.39 Å². The zero-order chi connectivity index (χ0) is 13.1. The third kappa shape index (κ3) is 2.22. The highest BCUT2D eigenvalue weighted by Gasteiger charge is 2.17. The van der Waals surface area contributed by atoms with Gasteiger partial charge in [-0.15, -0.1) is 0 Å². The number of ether oxygens (including phenoxy) is 1. The minimum atomic E-state index is -0.634. The minimum Gasteiger partial charge on any atom is -0.496 e. The summed E-state index contributed by atoms with van der Waals surface area (Å²) in [6.45, 7) is 1.89. The van der Waals surface area contributed by atoms with Gasteiger partial charge in [0, 0.05) is 6.20 Å². The van der Waals surface area contributed by atoms with Gasteiger partial charge in [-0.05, 0) is 30.7 Å². The summed E-state index contributed by atoms with van der Waals surface area (Å²) < 4.78 is 18.7. The molecule has 0 N–H and O–H groups in total. The molecular formula is C14H12FNO2. The number of pyridine rings is 1. The third-order valence-corrected chi connectivity index (χ3v) is 2.62. The second-order valence-corrected chi connectivity index (χ2v) is 3.89. The van der Waals surface area contributed by atoms with Gasteiger partial charge in [-0.1, -0.05) is 6.07 Å². The molecule has 0 bridgehead atoms. The largest absolute Gasteiger partial charge is 0.496 e. The number of nitrogens with zero attached hydrogens (tertiary/aromatic N) is 1. The van der Waals surface area contributed by atoms with E-state index in [0.717, 1.165) is 11.8 Å². The molecule has 0 aliphatic rings. The molecule has 2 aromatic rings. The average Bonchev–Trinajstić information content (AvgIpc) is 2.38. The second-order valence-electron chi connectivity index (χ2n) is 3.89. The fraction of sp³-hybridized carbons (Fsp3) is 0.143. The first kappa shape index (κ1) is 12.2. The highest BCUT2D eigenvalue weighted by molar-refractivity contribution is 6.10. The Bertz CT molecular complexity index is 596. The van der Waals surface area contributed by atoms with Crippen LogP contribution >= 0.6 is 0 Å². The predicted octanol–water partition coefficient (Wildman–Crippen LogP) is 2.77. The first-order valence-corrected chi connectivity index (χ1v) is 5.42. The fourth-order valence-corrected chi connectivity index (χ4v) is 1.69. The van der Waals surface area contributed by atoms with Gasteiger partial charge in [0.2, 0.25) is 0 Å². The molecule has 4 heteroatoms. The highest BCUT2D eigenvalue weighted by atomic mass is 19.1. The zero-order valence-electron chi connectivity index (χ0n) is 10.1. The molecule has 0 aliphatic heterocycles. The van der Waals surface area contributed by atoms with Gasteiger partial charge < -0.3 is 4.74 Å². The normalized spacial score (nSPS) is 10.2. The summed E-state index contributed by atoms with van der Waals surface area (Å²) in [6.07, 6.45) is 2.41. The number of ketones is 1. The molecule has 1 aromatic carbocycles. The molecule has 2 rings (SSSR count). The fourth-order valence-electron chi connectivity index (χ4n) is 1.69. The van der Waals surface area contributed by atoms with E-state index in [1.54, 1.807) is 18.2 Å². The molecule has 18 heavy (non-hydrogen) atoms. The number of aromatic nitrogens is 1. The lowest BCUT2D eigenvalue weighted by Gasteiger charge is -2.08. The summed E-state index contributed by atoms with van der Waals surface area (Å²) in [5.74, 6) is -0.604. The lowest BCUT2D eigenvalue weighted by molar-refractivity contribution is 0.103. The van der Waals surface area contributed by atoms with E-state index in [1.807, 2.05) is 6.92 Å². The number of benzene rings is 1. The van der Waals surface area contributed by atoms with Crippen molar-refractivity contribution < 1.29 is 13.9 Å². The molecule has 0 amide bonds. The van der Waals surface area contributed by atoms with Crippen LogP contribution in [-0.2, 0) is 0 Å². The first-order chi connectivity index (χ1) is 8.63. The van der Waals surface area contributed by atoms with Gasteiger partial charge in [-0.3, -0.25) is 9.78 Å². The van der Waals surface area contributed by atoms with Crippen LogP contribution in [0, 0.1) is 12.7 Å². The van der Waals surface area contributed by atoms with Gasteiger partial charge in [0.25, 0.3) is 0 Å². The van der Waals surface area contributed by atoms with E-state index in [9.17, 15) is 9.18 Å². The van der Waals surface area contributed by atoms with Crippen LogP contribution in [0.3, 0.4) is 0 Å². The number of aryl methyl sites for hydroxylation is 1. The van der Waals surface area contributed by atoms with E-state index in [2.05, 4.69) is 4.98 Å². The van der Waals surface area contributed by atoms with E-state index in [1.165, 1.54) is 19.4 Å². The van der Waals surface area contributed by atoms with Gasteiger partial charge in [-0.25, -0.2) is 4.39 Å². The Balaban J connectivity index is 2.50. The number of carbonyl (C=O) groups is 1. The summed E-state index contributed by atoms with van der Waals surface area (Å²) in [4.78, 5) is 15.8. The van der Waals surface area contributed by atoms with Gasteiger partial charge in [0.1, 0.15) is 5.75 Å². The smallest absolute Gasteiger partial charge is 0.199 e. The number of methoxy groups -OCH3 is 1. The van der Waals surface area contributed by atoms with E-state index in [0.29, 0.717) is 11.3 Å². The Morgan fingerprint density at radius 1 is 1.28 bits per heavy atom. The maximum atomic E-state index is 13.5. The Labute approximate surface area is 104 Å². The van der Waals surface area contributed by atoms with Crippen molar-refractivity contribution >= 4 is 5.78 Å². The van der Waals surface area contributed by atoms with Crippen molar-refractivity contribution in [1.29, 1.82) is 0 Å². The number of hydrogen-bond donors (Lipinski definition) is 0. The van der Waals surface area contributed by atoms with Gasteiger partial charge in [-0.2, -0.15) is 0 Å². The molecule has 3 nitrogen and oxygen atoms in total. The standard InChI is InChI=1S/C14H12FNO2/c1-9-3-4-11(13(7-9)18-2)14(17)10-5-6-16-8-12(10)15/h3-8H,1-2H3. The molecular weight excluding hydrogens is 233 g/mol. The molecule has 1 heterocycles. The minimum absolute atomic E-state index is 0.00727. The number of rotatable bonds is 3. The summed E-state index contributed by atoms with van der Waals surface area (Å²) in [5, 5.41) is 0. The van der Waals surface area contributed by atoms with Crippen LogP contribution in [0.15, 0.2) is 36.7 Å². The van der Waals surface area contributed by atoms with Crippen molar-refractivity contribution in [1.82, 2.24) is 4.98 Å². The number of halogens is 1. The van der Waals surface area contributed by atoms with Crippen molar-refractivity contribution in [2.24, 2.45) is 0 Å². The SMILES string of the molecule is COc1cc(C)ccc1C(=O)c1ccncc1F. The monoisotopic (exact) mass is 245 g/mol. The van der Waals surface area contributed by atoms with Crippen LogP contribution in [0.1, 0.15) is 21.5 Å². The first-order valence-electron chi connectivity index (χ1n) is 5.42. The van der Waals surface area contributed by atoms with Crippen LogP contribution in [0.5, 0.6) is 5.75 Å². The summed E-state index contributed by atoms with van der Waals surface area (Å²) in [6, 6.07) is 6.52. The molecule has 1 aromatic heterocycles. The molecule has 0 saturated heterocycles. The van der Waals surface area contributed by atoms with Gasteiger partial charge in [0.05, 0.1) is 24.4 Å². The van der Waals surface area contributed by atoms with Crippen molar-refractivity contribution in [3.05, 3.63) is 59.2 Å². The second kappa shape index (κ2) is 4.96. The Kier molecular flexibility index (Phi) is 3.37. The Morgan fingerprint density at radius 3 is 2.72 bits per heavy atom. The third-order valence-electron chi connectivity index (χ3n) is 2.62. The van der Waals surface area contributed by atoms with Crippen molar-refractivity contribution in [3.8, 4) is 5.75 Å². The summed E-state index contributed by atoms with van der Waals surface area (Å²) >= 11 is 0. The van der Waals surface area contributed by atoms with Gasteiger partial charge >= 0.3 is 0 Å². The van der Waals surface area contributed by atoms with Crippen LogP contribution in [-0.4, -0.2) is 17.9 Å². The predicted molar refractivity (Wildman–Crippen MR) is 65.4 cm³/mol. The lowest BCUT2D eigenvalue weighted by Crippen LogP contribution is -2.06. The molecule has 0 saturated carbocycles. The molecule has 0 unspecified atom stereocenters. The molecule has 0 radical (unpaired) electrons. The number of carbonyl (C=O) groups excluding carboxylic acids is 1. The molecule has 0 aliphatic carbocycles. The summed E-state index contributed by atoms with van der Waals surface area (Å²) in [7, 11) is 1.48. The van der Waals surface area contributed by atoms with Crippen LogP contribution in [0.25, 0.3) is 0 Å². The highest BCUT2D eigenvalue weighted by Crippen LogP contribution is 2.23. The average molecular weight is 245 g/mol. The molecule has 0 fully saturated rings. The van der Waals surface area contributed by atoms with Gasteiger partial charge in [0.15, 0.2) is 11.6 Å².